The van der Waals surface area contributed by atoms with Crippen LogP contribution < -0.4 is 5.32 Å². The maximum Gasteiger partial charge on any atom is 0.142 e. The Kier molecular flexibility index (Phi) is 4.49. The zero-order chi connectivity index (χ0) is 13.1. The summed E-state index contributed by atoms with van der Waals surface area (Å²) < 4.78 is 14.2. The number of rotatable bonds is 3. The van der Waals surface area contributed by atoms with Crippen molar-refractivity contribution >= 4 is 44.8 Å². The second kappa shape index (κ2) is 5.91. The predicted octanol–water partition coefficient (Wildman–Crippen LogP) is 5.51. The van der Waals surface area contributed by atoms with Crippen LogP contribution in [0.5, 0.6) is 0 Å². The van der Waals surface area contributed by atoms with Gasteiger partial charge in [-0.15, -0.1) is 0 Å². The smallest absolute Gasteiger partial charge is 0.142 e. The molecule has 2 aromatic rings. The lowest BCUT2D eigenvalue weighted by atomic mass is 10.2. The molecule has 0 amide bonds. The first kappa shape index (κ1) is 13.7. The monoisotopic (exact) mass is 347 g/mol. The molecule has 0 unspecified atom stereocenters. The number of benzene rings is 2. The van der Waals surface area contributed by atoms with Crippen LogP contribution in [0, 0.1) is 5.82 Å². The fourth-order valence-electron chi connectivity index (χ4n) is 1.48. The molecule has 0 atom stereocenters. The summed E-state index contributed by atoms with van der Waals surface area (Å²) in [7, 11) is 0. The van der Waals surface area contributed by atoms with Crippen LogP contribution in [0.1, 0.15) is 5.56 Å². The molecule has 0 saturated carbocycles. The Morgan fingerprint density at radius 1 is 1.06 bits per heavy atom. The summed E-state index contributed by atoms with van der Waals surface area (Å²) >= 11 is 15.0. The molecule has 2 aromatic carbocycles. The zero-order valence-electron chi connectivity index (χ0n) is 9.18. The molecule has 0 aliphatic carbocycles. The average Bonchev–Trinajstić information content (AvgIpc) is 2.32. The zero-order valence-corrected chi connectivity index (χ0v) is 12.3. The molecule has 0 bridgehead atoms. The van der Waals surface area contributed by atoms with Crippen molar-refractivity contribution in [3.05, 3.63) is 62.3 Å². The molecule has 94 valence electrons. The summed E-state index contributed by atoms with van der Waals surface area (Å²) in [6.45, 7) is 0.482. The summed E-state index contributed by atoms with van der Waals surface area (Å²) in [5, 5.41) is 3.88. The lowest BCUT2D eigenvalue weighted by Gasteiger charge is -2.09. The van der Waals surface area contributed by atoms with Crippen molar-refractivity contribution < 1.29 is 4.39 Å². The van der Waals surface area contributed by atoms with Gasteiger partial charge in [-0.25, -0.2) is 4.39 Å². The fraction of sp³-hybridized carbons (Fsp3) is 0.0769. The predicted molar refractivity (Wildman–Crippen MR) is 77.9 cm³/mol. The Balaban J connectivity index is 2.09. The first-order valence-corrected chi connectivity index (χ1v) is 6.74. The minimum atomic E-state index is -0.419. The topological polar surface area (TPSA) is 12.0 Å². The summed E-state index contributed by atoms with van der Waals surface area (Å²) in [4.78, 5) is 0. The molecule has 0 radical (unpaired) electrons. The average molecular weight is 349 g/mol. The van der Waals surface area contributed by atoms with Gasteiger partial charge in [-0.1, -0.05) is 45.2 Å². The number of nitrogens with one attached hydrogen (secondary N) is 1. The lowest BCUT2D eigenvalue weighted by Crippen LogP contribution is -2.00. The van der Waals surface area contributed by atoms with E-state index in [1.807, 2.05) is 12.1 Å². The highest BCUT2D eigenvalue weighted by atomic mass is 79.9. The SMILES string of the molecule is Fc1cc(CNc2ccc(Br)cc2Cl)ccc1Cl. The maximum absolute atomic E-state index is 13.2. The Hall–Kier alpha value is -0.770. The van der Waals surface area contributed by atoms with Crippen LogP contribution in [0.25, 0.3) is 0 Å². The van der Waals surface area contributed by atoms with E-state index in [1.165, 1.54) is 12.1 Å². The van der Waals surface area contributed by atoms with Gasteiger partial charge in [0.25, 0.3) is 0 Å². The molecule has 0 saturated heterocycles. The van der Waals surface area contributed by atoms with Gasteiger partial charge in [-0.3, -0.25) is 0 Å². The second-order valence-corrected chi connectivity index (χ2v) is 5.46. The van der Waals surface area contributed by atoms with Crippen LogP contribution in [0.3, 0.4) is 0 Å². The number of halogens is 4. The van der Waals surface area contributed by atoms with E-state index in [4.69, 9.17) is 23.2 Å². The molecule has 1 N–H and O–H groups in total. The summed E-state index contributed by atoms with van der Waals surface area (Å²) in [5.74, 6) is -0.419. The van der Waals surface area contributed by atoms with Crippen molar-refractivity contribution in [1.82, 2.24) is 0 Å². The normalized spacial score (nSPS) is 10.4. The molecule has 0 spiro atoms. The minimum Gasteiger partial charge on any atom is -0.380 e. The van der Waals surface area contributed by atoms with Gasteiger partial charge in [-0.2, -0.15) is 0 Å². The largest absolute Gasteiger partial charge is 0.380 e. The highest BCUT2D eigenvalue weighted by Crippen LogP contribution is 2.26. The minimum absolute atomic E-state index is 0.125. The van der Waals surface area contributed by atoms with E-state index in [2.05, 4.69) is 21.2 Å². The van der Waals surface area contributed by atoms with E-state index < -0.39 is 5.82 Å². The third-order valence-corrected chi connectivity index (χ3v) is 3.51. The van der Waals surface area contributed by atoms with Crippen molar-refractivity contribution in [2.24, 2.45) is 0 Å². The van der Waals surface area contributed by atoms with Crippen molar-refractivity contribution in [1.29, 1.82) is 0 Å². The van der Waals surface area contributed by atoms with E-state index in [1.54, 1.807) is 12.1 Å². The number of hydrogen-bond acceptors (Lipinski definition) is 1. The van der Waals surface area contributed by atoms with Crippen LogP contribution in [-0.4, -0.2) is 0 Å². The second-order valence-electron chi connectivity index (χ2n) is 3.73. The number of anilines is 1. The standard InChI is InChI=1S/C13H9BrCl2FN/c14-9-2-4-13(11(16)6-9)18-7-8-1-3-10(15)12(17)5-8/h1-6,18H,7H2. The first-order chi connectivity index (χ1) is 8.56. The van der Waals surface area contributed by atoms with Gasteiger partial charge in [-0.05, 0) is 35.9 Å². The van der Waals surface area contributed by atoms with Crippen LogP contribution in [0.4, 0.5) is 10.1 Å². The van der Waals surface area contributed by atoms with E-state index in [0.29, 0.717) is 11.6 Å². The van der Waals surface area contributed by atoms with Crippen molar-refractivity contribution in [3.63, 3.8) is 0 Å². The van der Waals surface area contributed by atoms with E-state index in [0.717, 1.165) is 15.7 Å². The Bertz CT molecular complexity index is 575. The van der Waals surface area contributed by atoms with Crippen molar-refractivity contribution in [3.8, 4) is 0 Å². The highest BCUT2D eigenvalue weighted by molar-refractivity contribution is 9.10. The van der Waals surface area contributed by atoms with Crippen LogP contribution in [0.15, 0.2) is 40.9 Å². The van der Waals surface area contributed by atoms with E-state index >= 15 is 0 Å². The number of hydrogen-bond donors (Lipinski definition) is 1. The fourth-order valence-corrected chi connectivity index (χ4v) is 2.34. The van der Waals surface area contributed by atoms with Gasteiger partial charge in [0.05, 0.1) is 15.7 Å². The Labute approximate surface area is 123 Å². The first-order valence-electron chi connectivity index (χ1n) is 5.19. The molecule has 0 aliphatic rings. The van der Waals surface area contributed by atoms with Gasteiger partial charge < -0.3 is 5.32 Å². The molecule has 0 heterocycles. The quantitative estimate of drug-likeness (QED) is 0.771. The molecule has 18 heavy (non-hydrogen) atoms. The summed E-state index contributed by atoms with van der Waals surface area (Å²) in [6.07, 6.45) is 0. The van der Waals surface area contributed by atoms with Gasteiger partial charge in [0.15, 0.2) is 0 Å². The van der Waals surface area contributed by atoms with Crippen LogP contribution >= 0.6 is 39.1 Å². The molecule has 0 aromatic heterocycles. The van der Waals surface area contributed by atoms with Crippen LogP contribution in [0.2, 0.25) is 10.0 Å². The van der Waals surface area contributed by atoms with Crippen molar-refractivity contribution in [2.45, 2.75) is 6.54 Å². The van der Waals surface area contributed by atoms with Crippen LogP contribution in [-0.2, 0) is 6.54 Å². The van der Waals surface area contributed by atoms with Gasteiger partial charge in [0.2, 0.25) is 0 Å². The third-order valence-electron chi connectivity index (χ3n) is 2.40. The molecular weight excluding hydrogens is 340 g/mol. The maximum atomic E-state index is 13.2. The molecule has 0 fully saturated rings. The Morgan fingerprint density at radius 2 is 1.83 bits per heavy atom. The van der Waals surface area contributed by atoms with Gasteiger partial charge in [0.1, 0.15) is 5.82 Å². The molecule has 1 nitrogen and oxygen atoms in total. The van der Waals surface area contributed by atoms with Gasteiger partial charge in [0, 0.05) is 11.0 Å². The molecule has 2 rings (SSSR count). The molecule has 0 aliphatic heterocycles. The summed E-state index contributed by atoms with van der Waals surface area (Å²) in [5.41, 5.74) is 1.60. The van der Waals surface area contributed by atoms with E-state index in [-0.39, 0.29) is 5.02 Å². The third kappa shape index (κ3) is 3.37. The van der Waals surface area contributed by atoms with E-state index in [9.17, 15) is 4.39 Å². The molecule has 5 heteroatoms. The summed E-state index contributed by atoms with van der Waals surface area (Å²) in [6, 6.07) is 10.3. The van der Waals surface area contributed by atoms with Crippen molar-refractivity contribution in [2.75, 3.05) is 5.32 Å². The lowest BCUT2D eigenvalue weighted by molar-refractivity contribution is 0.626. The Morgan fingerprint density at radius 3 is 2.50 bits per heavy atom. The highest BCUT2D eigenvalue weighted by Gasteiger charge is 2.03. The molecular formula is C13H9BrCl2FN. The van der Waals surface area contributed by atoms with Gasteiger partial charge >= 0.3 is 0 Å².